The Hall–Kier alpha value is -0.450. The summed E-state index contributed by atoms with van der Waals surface area (Å²) in [5.74, 6) is -0.359. The average molecular weight is 277 g/mol. The molecule has 0 aliphatic rings. The number of hydrogen-bond acceptors (Lipinski definition) is 2. The Labute approximate surface area is 96.9 Å². The Kier molecular flexibility index (Phi) is 3.87. The van der Waals surface area contributed by atoms with Gasteiger partial charge in [0, 0.05) is 10.9 Å². The maximum atomic E-state index is 13.0. The van der Waals surface area contributed by atoms with Crippen molar-refractivity contribution in [3.05, 3.63) is 34.1 Å². The van der Waals surface area contributed by atoms with Crippen molar-refractivity contribution in [2.45, 2.75) is 32.0 Å². The van der Waals surface area contributed by atoms with E-state index in [4.69, 9.17) is 0 Å². The van der Waals surface area contributed by atoms with Gasteiger partial charge in [-0.15, -0.1) is 0 Å². The van der Waals surface area contributed by atoms with Gasteiger partial charge in [-0.25, -0.2) is 4.39 Å². The highest BCUT2D eigenvalue weighted by molar-refractivity contribution is 9.10. The molecule has 1 unspecified atom stereocenters. The van der Waals surface area contributed by atoms with Crippen molar-refractivity contribution in [2.75, 3.05) is 0 Å². The van der Waals surface area contributed by atoms with E-state index in [0.29, 0.717) is 10.0 Å². The smallest absolute Gasteiger partial charge is 0.124 e. The van der Waals surface area contributed by atoms with Crippen LogP contribution in [0.3, 0.4) is 0 Å². The summed E-state index contributed by atoms with van der Waals surface area (Å²) in [6.07, 6.45) is -0.689. The van der Waals surface area contributed by atoms with Gasteiger partial charge >= 0.3 is 0 Å². The largest absolute Gasteiger partial charge is 0.390 e. The van der Waals surface area contributed by atoms with Crippen LogP contribution in [-0.4, -0.2) is 21.9 Å². The maximum Gasteiger partial charge on any atom is 0.124 e. The molecule has 0 aliphatic heterocycles. The van der Waals surface area contributed by atoms with Gasteiger partial charge in [-0.05, 0) is 37.6 Å². The summed E-state index contributed by atoms with van der Waals surface area (Å²) in [6.45, 7) is 3.04. The number of aliphatic hydroxyl groups is 2. The third kappa shape index (κ3) is 3.89. The normalized spacial score (nSPS) is 14.0. The minimum Gasteiger partial charge on any atom is -0.390 e. The van der Waals surface area contributed by atoms with Crippen LogP contribution >= 0.6 is 15.9 Å². The average Bonchev–Trinajstić information content (AvgIpc) is 1.99. The lowest BCUT2D eigenvalue weighted by atomic mass is 9.95. The summed E-state index contributed by atoms with van der Waals surface area (Å²) < 4.78 is 13.6. The first-order valence-electron chi connectivity index (χ1n) is 4.64. The Morgan fingerprint density at radius 1 is 1.40 bits per heavy atom. The van der Waals surface area contributed by atoms with Crippen LogP contribution in [0.1, 0.15) is 19.4 Å². The number of hydrogen-bond donors (Lipinski definition) is 2. The molecule has 2 N–H and O–H groups in total. The molecule has 0 aliphatic carbocycles. The quantitative estimate of drug-likeness (QED) is 0.889. The number of rotatable bonds is 3. The summed E-state index contributed by atoms with van der Waals surface area (Å²) in [7, 11) is 0. The van der Waals surface area contributed by atoms with E-state index in [0.717, 1.165) is 0 Å². The summed E-state index contributed by atoms with van der Waals surface area (Å²) >= 11 is 3.17. The van der Waals surface area contributed by atoms with Crippen LogP contribution in [-0.2, 0) is 6.42 Å². The second kappa shape index (κ2) is 4.60. The van der Waals surface area contributed by atoms with E-state index >= 15 is 0 Å². The fourth-order valence-electron chi connectivity index (χ4n) is 1.20. The number of benzene rings is 1. The minimum absolute atomic E-state index is 0.222. The van der Waals surface area contributed by atoms with E-state index in [1.807, 2.05) is 0 Å². The van der Waals surface area contributed by atoms with Gasteiger partial charge < -0.3 is 10.2 Å². The molecule has 1 aromatic carbocycles. The van der Waals surface area contributed by atoms with Gasteiger partial charge in [0.05, 0.1) is 11.7 Å². The highest BCUT2D eigenvalue weighted by Crippen LogP contribution is 2.19. The topological polar surface area (TPSA) is 40.5 Å². The van der Waals surface area contributed by atoms with Crippen molar-refractivity contribution in [3.8, 4) is 0 Å². The molecule has 0 bridgehead atoms. The molecule has 0 saturated heterocycles. The third-order valence-electron chi connectivity index (χ3n) is 2.17. The summed E-state index contributed by atoms with van der Waals surface area (Å²) in [4.78, 5) is 0. The zero-order valence-electron chi connectivity index (χ0n) is 8.67. The fourth-order valence-corrected chi connectivity index (χ4v) is 1.71. The molecular formula is C11H14BrFO2. The first-order valence-corrected chi connectivity index (χ1v) is 5.44. The molecule has 0 saturated carbocycles. The van der Waals surface area contributed by atoms with Crippen molar-refractivity contribution < 1.29 is 14.6 Å². The molecule has 1 atom stereocenters. The lowest BCUT2D eigenvalue weighted by Crippen LogP contribution is -2.37. The Balaban J connectivity index is 2.81. The van der Waals surface area contributed by atoms with Gasteiger partial charge in [-0.1, -0.05) is 15.9 Å². The predicted octanol–water partition coefficient (Wildman–Crippen LogP) is 2.26. The molecule has 2 nitrogen and oxygen atoms in total. The first kappa shape index (κ1) is 12.6. The molecule has 0 radical (unpaired) electrons. The Morgan fingerprint density at radius 2 is 2.00 bits per heavy atom. The molecule has 84 valence electrons. The van der Waals surface area contributed by atoms with E-state index in [9.17, 15) is 14.6 Å². The Bertz CT molecular complexity index is 327. The van der Waals surface area contributed by atoms with E-state index in [-0.39, 0.29) is 12.2 Å². The van der Waals surface area contributed by atoms with Crippen LogP contribution in [0.15, 0.2) is 22.7 Å². The lowest BCUT2D eigenvalue weighted by Gasteiger charge is -2.24. The molecule has 0 heterocycles. The van der Waals surface area contributed by atoms with Crippen LogP contribution < -0.4 is 0 Å². The van der Waals surface area contributed by atoms with Crippen LogP contribution in [0.4, 0.5) is 4.39 Å². The SMILES string of the molecule is CC(C)(O)C(O)Cc1cc(F)cc(Br)c1. The van der Waals surface area contributed by atoms with Crippen molar-refractivity contribution in [3.63, 3.8) is 0 Å². The molecule has 0 fully saturated rings. The fraction of sp³-hybridized carbons (Fsp3) is 0.455. The van der Waals surface area contributed by atoms with Crippen LogP contribution in [0.5, 0.6) is 0 Å². The summed E-state index contributed by atoms with van der Waals surface area (Å²) in [6, 6.07) is 4.41. The van der Waals surface area contributed by atoms with E-state index in [1.165, 1.54) is 26.0 Å². The molecule has 0 spiro atoms. The predicted molar refractivity (Wildman–Crippen MR) is 60.1 cm³/mol. The van der Waals surface area contributed by atoms with Crippen molar-refractivity contribution in [2.24, 2.45) is 0 Å². The zero-order valence-corrected chi connectivity index (χ0v) is 10.3. The Morgan fingerprint density at radius 3 is 2.47 bits per heavy atom. The molecule has 0 aromatic heterocycles. The van der Waals surface area contributed by atoms with Crippen LogP contribution in [0.2, 0.25) is 0 Å². The second-order valence-corrected chi connectivity index (χ2v) is 5.07. The lowest BCUT2D eigenvalue weighted by molar-refractivity contribution is -0.0469. The van der Waals surface area contributed by atoms with Crippen molar-refractivity contribution in [1.29, 1.82) is 0 Å². The molecule has 1 rings (SSSR count). The molecule has 4 heteroatoms. The molecular weight excluding hydrogens is 263 g/mol. The number of aliphatic hydroxyl groups excluding tert-OH is 1. The molecule has 1 aromatic rings. The van der Waals surface area contributed by atoms with Gasteiger partial charge in [0.1, 0.15) is 5.82 Å². The van der Waals surface area contributed by atoms with E-state index in [1.54, 1.807) is 6.07 Å². The maximum absolute atomic E-state index is 13.0. The van der Waals surface area contributed by atoms with E-state index in [2.05, 4.69) is 15.9 Å². The van der Waals surface area contributed by atoms with Gasteiger partial charge in [0.15, 0.2) is 0 Å². The number of halogens is 2. The standard InChI is InChI=1S/C11H14BrFO2/c1-11(2,15)10(14)5-7-3-8(12)6-9(13)4-7/h3-4,6,10,14-15H,5H2,1-2H3. The summed E-state index contributed by atoms with van der Waals surface area (Å²) in [5.41, 5.74) is -0.532. The molecule has 15 heavy (non-hydrogen) atoms. The van der Waals surface area contributed by atoms with Crippen LogP contribution in [0.25, 0.3) is 0 Å². The van der Waals surface area contributed by atoms with Gasteiger partial charge in [0.25, 0.3) is 0 Å². The minimum atomic E-state index is -1.18. The second-order valence-electron chi connectivity index (χ2n) is 4.15. The van der Waals surface area contributed by atoms with Crippen molar-refractivity contribution >= 4 is 15.9 Å². The van der Waals surface area contributed by atoms with Gasteiger partial charge in [-0.2, -0.15) is 0 Å². The van der Waals surface area contributed by atoms with Crippen molar-refractivity contribution in [1.82, 2.24) is 0 Å². The summed E-state index contributed by atoms with van der Waals surface area (Å²) in [5, 5.41) is 19.2. The van der Waals surface area contributed by atoms with E-state index < -0.39 is 11.7 Å². The first-order chi connectivity index (χ1) is 6.79. The highest BCUT2D eigenvalue weighted by Gasteiger charge is 2.24. The monoisotopic (exact) mass is 276 g/mol. The molecule has 0 amide bonds. The zero-order chi connectivity index (χ0) is 11.6. The third-order valence-corrected chi connectivity index (χ3v) is 2.62. The highest BCUT2D eigenvalue weighted by atomic mass is 79.9. The van der Waals surface area contributed by atoms with Crippen LogP contribution in [0, 0.1) is 5.82 Å². The van der Waals surface area contributed by atoms with Gasteiger partial charge in [-0.3, -0.25) is 0 Å². The van der Waals surface area contributed by atoms with Gasteiger partial charge in [0.2, 0.25) is 0 Å².